The van der Waals surface area contributed by atoms with Crippen LogP contribution in [0.15, 0.2) is 12.3 Å². The minimum atomic E-state index is -0.587. The summed E-state index contributed by atoms with van der Waals surface area (Å²) in [5, 5.41) is 2.54. The number of ether oxygens (including phenoxy) is 2. The van der Waals surface area contributed by atoms with Gasteiger partial charge in [-0.1, -0.05) is 0 Å². The molecule has 7 heteroatoms. The molecule has 0 aliphatic heterocycles. The van der Waals surface area contributed by atoms with Crippen LogP contribution in [0.2, 0.25) is 0 Å². The molecule has 0 atom stereocenters. The van der Waals surface area contributed by atoms with Gasteiger partial charge in [0.2, 0.25) is 0 Å². The number of esters is 1. The molecule has 1 heterocycles. The lowest BCUT2D eigenvalue weighted by Crippen LogP contribution is -2.31. The van der Waals surface area contributed by atoms with E-state index >= 15 is 0 Å². The van der Waals surface area contributed by atoms with Gasteiger partial charge in [0, 0.05) is 26.9 Å². The van der Waals surface area contributed by atoms with Crippen molar-refractivity contribution in [1.82, 2.24) is 9.88 Å². The van der Waals surface area contributed by atoms with Crippen LogP contribution in [0.3, 0.4) is 0 Å². The highest BCUT2D eigenvalue weighted by Gasteiger charge is 2.13. The second-order valence-corrected chi connectivity index (χ2v) is 3.69. The van der Waals surface area contributed by atoms with E-state index in [1.807, 2.05) is 0 Å². The number of nitrogens with two attached hydrogens (primary N) is 1. The van der Waals surface area contributed by atoms with E-state index in [1.165, 1.54) is 13.2 Å². The molecule has 0 aromatic carbocycles. The van der Waals surface area contributed by atoms with Gasteiger partial charge in [-0.15, -0.1) is 0 Å². The zero-order valence-corrected chi connectivity index (χ0v) is 10.4. The van der Waals surface area contributed by atoms with Crippen LogP contribution in [0.25, 0.3) is 0 Å². The first-order valence-corrected chi connectivity index (χ1v) is 5.39. The molecule has 3 N–H and O–H groups in total. The molecule has 18 heavy (non-hydrogen) atoms. The summed E-state index contributed by atoms with van der Waals surface area (Å²) < 4.78 is 11.2. The first-order valence-electron chi connectivity index (χ1n) is 5.39. The van der Waals surface area contributed by atoms with Crippen molar-refractivity contribution < 1.29 is 19.1 Å². The summed E-state index contributed by atoms with van der Waals surface area (Å²) in [6.45, 7) is 0.464. The van der Waals surface area contributed by atoms with Gasteiger partial charge in [0.1, 0.15) is 5.69 Å². The number of hydrogen-bond acceptors (Lipinski definition) is 5. The number of amides is 1. The van der Waals surface area contributed by atoms with Crippen molar-refractivity contribution in [2.24, 2.45) is 7.05 Å². The Labute approximate surface area is 105 Å². The fourth-order valence-corrected chi connectivity index (χ4v) is 1.34. The van der Waals surface area contributed by atoms with E-state index in [9.17, 15) is 9.59 Å². The largest absolute Gasteiger partial charge is 0.451 e. The molecule has 1 aromatic heterocycles. The third-order valence-electron chi connectivity index (χ3n) is 2.20. The predicted molar refractivity (Wildman–Crippen MR) is 65.0 cm³/mol. The summed E-state index contributed by atoms with van der Waals surface area (Å²) in [4.78, 5) is 22.9. The fraction of sp³-hybridized carbons (Fsp3) is 0.455. The Morgan fingerprint density at radius 3 is 2.78 bits per heavy atom. The summed E-state index contributed by atoms with van der Waals surface area (Å²) in [7, 11) is 3.21. The Hall–Kier alpha value is -2.02. The van der Waals surface area contributed by atoms with Crippen molar-refractivity contribution in [2.75, 3.05) is 32.6 Å². The quantitative estimate of drug-likeness (QED) is 0.529. The summed E-state index contributed by atoms with van der Waals surface area (Å²) >= 11 is 0. The molecule has 0 aliphatic rings. The van der Waals surface area contributed by atoms with Gasteiger partial charge in [-0.3, -0.25) is 4.79 Å². The van der Waals surface area contributed by atoms with Crippen LogP contribution in [-0.2, 0) is 21.3 Å². The number of carbonyl (C=O) groups excluding carboxylic acids is 2. The minimum Gasteiger partial charge on any atom is -0.451 e. The van der Waals surface area contributed by atoms with Crippen LogP contribution in [0.4, 0.5) is 5.69 Å². The summed E-state index contributed by atoms with van der Waals surface area (Å²) in [6.07, 6.45) is 1.59. The molecule has 0 saturated carbocycles. The van der Waals surface area contributed by atoms with E-state index in [4.69, 9.17) is 15.2 Å². The second kappa shape index (κ2) is 6.65. The number of aryl methyl sites for hydroxylation is 1. The smallest absolute Gasteiger partial charge is 0.355 e. The molecule has 1 amide bonds. The van der Waals surface area contributed by atoms with Gasteiger partial charge in [0.05, 0.1) is 12.3 Å². The van der Waals surface area contributed by atoms with Crippen molar-refractivity contribution in [2.45, 2.75) is 0 Å². The molecular weight excluding hydrogens is 238 g/mol. The second-order valence-electron chi connectivity index (χ2n) is 3.69. The maximum absolute atomic E-state index is 11.6. The van der Waals surface area contributed by atoms with Crippen LogP contribution in [0, 0.1) is 0 Å². The first kappa shape index (κ1) is 14.0. The van der Waals surface area contributed by atoms with E-state index in [0.717, 1.165) is 0 Å². The number of methoxy groups -OCH3 is 1. The predicted octanol–water partition coefficient (Wildman–Crippen LogP) is -0.473. The average Bonchev–Trinajstić information content (AvgIpc) is 2.66. The summed E-state index contributed by atoms with van der Waals surface area (Å²) in [5.74, 6) is -0.960. The highest BCUT2D eigenvalue weighted by molar-refractivity contribution is 5.91. The monoisotopic (exact) mass is 255 g/mol. The molecular formula is C11H17N3O4. The first-order chi connectivity index (χ1) is 8.54. The van der Waals surface area contributed by atoms with Gasteiger partial charge < -0.3 is 25.1 Å². The maximum atomic E-state index is 11.6. The molecule has 7 nitrogen and oxygen atoms in total. The molecule has 0 fully saturated rings. The van der Waals surface area contributed by atoms with Crippen molar-refractivity contribution in [1.29, 1.82) is 0 Å². The van der Waals surface area contributed by atoms with Crippen molar-refractivity contribution in [3.63, 3.8) is 0 Å². The third-order valence-corrected chi connectivity index (χ3v) is 2.20. The van der Waals surface area contributed by atoms with Crippen LogP contribution < -0.4 is 11.1 Å². The zero-order chi connectivity index (χ0) is 13.5. The highest BCUT2D eigenvalue weighted by atomic mass is 16.5. The molecule has 0 aliphatic carbocycles. The van der Waals surface area contributed by atoms with Crippen LogP contribution in [0.5, 0.6) is 0 Å². The van der Waals surface area contributed by atoms with E-state index in [0.29, 0.717) is 24.5 Å². The lowest BCUT2D eigenvalue weighted by Gasteiger charge is -2.06. The lowest BCUT2D eigenvalue weighted by atomic mass is 10.4. The van der Waals surface area contributed by atoms with E-state index < -0.39 is 5.97 Å². The van der Waals surface area contributed by atoms with Crippen molar-refractivity contribution in [3.8, 4) is 0 Å². The molecule has 1 aromatic rings. The molecule has 0 unspecified atom stereocenters. The zero-order valence-electron chi connectivity index (χ0n) is 10.4. The van der Waals surface area contributed by atoms with E-state index in [1.54, 1.807) is 17.8 Å². The number of aromatic nitrogens is 1. The molecule has 0 radical (unpaired) electrons. The van der Waals surface area contributed by atoms with Crippen molar-refractivity contribution >= 4 is 17.6 Å². The van der Waals surface area contributed by atoms with Crippen LogP contribution in [0.1, 0.15) is 10.5 Å². The number of carbonyl (C=O) groups is 2. The SMILES string of the molecule is COCCNC(=O)COC(=O)c1cc(N)cn1C. The lowest BCUT2D eigenvalue weighted by molar-refractivity contribution is -0.124. The number of rotatable bonds is 6. The third kappa shape index (κ3) is 4.10. The molecule has 0 bridgehead atoms. The summed E-state index contributed by atoms with van der Waals surface area (Å²) in [5.41, 5.74) is 6.30. The normalized spacial score (nSPS) is 10.1. The van der Waals surface area contributed by atoms with Gasteiger partial charge >= 0.3 is 5.97 Å². The Morgan fingerprint density at radius 2 is 2.22 bits per heavy atom. The van der Waals surface area contributed by atoms with Gasteiger partial charge in [-0.2, -0.15) is 0 Å². The Kier molecular flexibility index (Phi) is 5.19. The highest BCUT2D eigenvalue weighted by Crippen LogP contribution is 2.09. The van der Waals surface area contributed by atoms with Gasteiger partial charge in [-0.05, 0) is 6.07 Å². The van der Waals surface area contributed by atoms with Gasteiger partial charge in [-0.25, -0.2) is 4.79 Å². The Morgan fingerprint density at radius 1 is 1.50 bits per heavy atom. The number of nitrogen functional groups attached to an aromatic ring is 1. The molecule has 0 saturated heterocycles. The number of nitrogens with zero attached hydrogens (tertiary/aromatic N) is 1. The molecule has 0 spiro atoms. The van der Waals surface area contributed by atoms with Crippen LogP contribution in [-0.4, -0.2) is 43.3 Å². The number of nitrogens with one attached hydrogen (secondary N) is 1. The van der Waals surface area contributed by atoms with E-state index in [2.05, 4.69) is 5.32 Å². The summed E-state index contributed by atoms with van der Waals surface area (Å²) in [6, 6.07) is 1.49. The Balaban J connectivity index is 2.37. The van der Waals surface area contributed by atoms with Gasteiger partial charge in [0.25, 0.3) is 5.91 Å². The van der Waals surface area contributed by atoms with Gasteiger partial charge in [0.15, 0.2) is 6.61 Å². The minimum absolute atomic E-state index is 0.303. The van der Waals surface area contributed by atoms with Crippen molar-refractivity contribution in [3.05, 3.63) is 18.0 Å². The van der Waals surface area contributed by atoms with E-state index in [-0.39, 0.29) is 12.5 Å². The topological polar surface area (TPSA) is 95.6 Å². The van der Waals surface area contributed by atoms with Crippen LogP contribution >= 0.6 is 0 Å². The standard InChI is InChI=1S/C11H17N3O4/c1-14-6-8(12)5-9(14)11(16)18-7-10(15)13-3-4-17-2/h5-6H,3-4,7,12H2,1-2H3,(H,13,15). The number of hydrogen-bond donors (Lipinski definition) is 2. The average molecular weight is 255 g/mol. The Bertz CT molecular complexity index is 428. The number of anilines is 1. The molecule has 1 rings (SSSR count). The molecule has 100 valence electrons. The fourth-order valence-electron chi connectivity index (χ4n) is 1.34. The maximum Gasteiger partial charge on any atom is 0.355 e.